The maximum absolute atomic E-state index is 14.0. The SMILES string of the molecule is CCNC(=NCCNC(=O)Cc1cccc(F)c1)NC1CCN(c2c(F)cccc2F)C1. The fraction of sp³-hybridized carbons (Fsp3) is 0.391. The normalized spacial score (nSPS) is 16.2. The lowest BCUT2D eigenvalue weighted by atomic mass is 10.1. The molecule has 1 heterocycles. The van der Waals surface area contributed by atoms with Crippen LogP contribution in [0.2, 0.25) is 0 Å². The van der Waals surface area contributed by atoms with Gasteiger partial charge in [0, 0.05) is 32.2 Å². The van der Waals surface area contributed by atoms with Gasteiger partial charge in [-0.3, -0.25) is 9.79 Å². The summed E-state index contributed by atoms with van der Waals surface area (Å²) in [5, 5.41) is 9.19. The van der Waals surface area contributed by atoms with Gasteiger partial charge in [-0.1, -0.05) is 18.2 Å². The summed E-state index contributed by atoms with van der Waals surface area (Å²) in [4.78, 5) is 18.2. The molecule has 6 nitrogen and oxygen atoms in total. The van der Waals surface area contributed by atoms with Crippen LogP contribution in [0.5, 0.6) is 0 Å². The zero-order valence-corrected chi connectivity index (χ0v) is 18.0. The van der Waals surface area contributed by atoms with E-state index in [9.17, 15) is 18.0 Å². The standard InChI is InChI=1S/C23H28F3N5O/c1-2-27-23(29-11-10-28-21(32)14-16-5-3-6-17(24)13-16)30-18-9-12-31(15-18)22-19(25)7-4-8-20(22)26/h3-8,13,18H,2,9-12,14-15H2,1H3,(H,28,32)(H2,27,29,30). The lowest BCUT2D eigenvalue weighted by Gasteiger charge is -2.21. The lowest BCUT2D eigenvalue weighted by Crippen LogP contribution is -2.45. The quantitative estimate of drug-likeness (QED) is 0.331. The first kappa shape index (κ1) is 23.4. The summed E-state index contributed by atoms with van der Waals surface area (Å²) in [5.74, 6) is -1.14. The molecule has 1 aliphatic rings. The van der Waals surface area contributed by atoms with Crippen LogP contribution in [0.1, 0.15) is 18.9 Å². The minimum absolute atomic E-state index is 0.000232. The van der Waals surface area contributed by atoms with Crippen LogP contribution in [0.15, 0.2) is 47.5 Å². The van der Waals surface area contributed by atoms with E-state index in [-0.39, 0.29) is 29.9 Å². The first-order valence-corrected chi connectivity index (χ1v) is 10.7. The number of halogens is 3. The molecule has 0 bridgehead atoms. The highest BCUT2D eigenvalue weighted by atomic mass is 19.1. The number of benzene rings is 2. The summed E-state index contributed by atoms with van der Waals surface area (Å²) in [5.41, 5.74) is 0.609. The van der Waals surface area contributed by atoms with Gasteiger partial charge in [0.15, 0.2) is 5.96 Å². The Bertz CT molecular complexity index is 933. The summed E-state index contributed by atoms with van der Waals surface area (Å²) < 4.78 is 41.3. The van der Waals surface area contributed by atoms with Crippen LogP contribution in [-0.4, -0.2) is 50.6 Å². The highest BCUT2D eigenvalue weighted by Crippen LogP contribution is 2.26. The molecular weight excluding hydrogens is 419 g/mol. The molecule has 1 saturated heterocycles. The van der Waals surface area contributed by atoms with Gasteiger partial charge in [0.05, 0.1) is 13.0 Å². The molecule has 1 amide bonds. The predicted molar refractivity (Wildman–Crippen MR) is 119 cm³/mol. The minimum atomic E-state index is -0.569. The number of amides is 1. The average molecular weight is 448 g/mol. The zero-order valence-electron chi connectivity index (χ0n) is 18.0. The number of guanidine groups is 1. The van der Waals surface area contributed by atoms with Crippen molar-refractivity contribution in [2.75, 3.05) is 37.6 Å². The largest absolute Gasteiger partial charge is 0.365 e. The third kappa shape index (κ3) is 6.63. The smallest absolute Gasteiger partial charge is 0.224 e. The molecule has 172 valence electrons. The monoisotopic (exact) mass is 447 g/mol. The van der Waals surface area contributed by atoms with Crippen LogP contribution in [-0.2, 0) is 11.2 Å². The number of hydrogen-bond acceptors (Lipinski definition) is 3. The third-order valence-electron chi connectivity index (χ3n) is 5.08. The van der Waals surface area contributed by atoms with Crippen LogP contribution in [0, 0.1) is 17.5 Å². The average Bonchev–Trinajstić information content (AvgIpc) is 3.19. The summed E-state index contributed by atoms with van der Waals surface area (Å²) in [7, 11) is 0. The van der Waals surface area contributed by atoms with Crippen molar-refractivity contribution in [3.8, 4) is 0 Å². The van der Waals surface area contributed by atoms with Crippen molar-refractivity contribution in [1.82, 2.24) is 16.0 Å². The third-order valence-corrected chi connectivity index (χ3v) is 5.08. The van der Waals surface area contributed by atoms with Crippen molar-refractivity contribution in [1.29, 1.82) is 0 Å². The topological polar surface area (TPSA) is 68.8 Å². The number of anilines is 1. The molecule has 2 aromatic rings. The van der Waals surface area contributed by atoms with Gasteiger partial charge in [0.25, 0.3) is 0 Å². The first-order valence-electron chi connectivity index (χ1n) is 10.7. The Labute approximate surface area is 185 Å². The number of nitrogens with one attached hydrogen (secondary N) is 3. The van der Waals surface area contributed by atoms with Gasteiger partial charge in [0.1, 0.15) is 23.1 Å². The second-order valence-corrected chi connectivity index (χ2v) is 7.56. The van der Waals surface area contributed by atoms with E-state index in [4.69, 9.17) is 0 Å². The van der Waals surface area contributed by atoms with E-state index in [1.54, 1.807) is 17.0 Å². The van der Waals surface area contributed by atoms with Gasteiger partial charge in [0.2, 0.25) is 5.91 Å². The number of hydrogen-bond donors (Lipinski definition) is 3. The Morgan fingerprint density at radius 2 is 1.88 bits per heavy atom. The van der Waals surface area contributed by atoms with Gasteiger partial charge in [-0.25, -0.2) is 13.2 Å². The Hall–Kier alpha value is -3.23. The molecular formula is C23H28F3N5O. The molecule has 9 heteroatoms. The zero-order chi connectivity index (χ0) is 22.9. The van der Waals surface area contributed by atoms with Gasteiger partial charge in [-0.15, -0.1) is 0 Å². The van der Waals surface area contributed by atoms with E-state index in [2.05, 4.69) is 20.9 Å². The minimum Gasteiger partial charge on any atom is -0.365 e. The molecule has 0 radical (unpaired) electrons. The molecule has 0 spiro atoms. The van der Waals surface area contributed by atoms with E-state index >= 15 is 0 Å². The van der Waals surface area contributed by atoms with Crippen molar-refractivity contribution in [2.45, 2.75) is 25.8 Å². The van der Waals surface area contributed by atoms with E-state index in [0.29, 0.717) is 50.7 Å². The van der Waals surface area contributed by atoms with Crippen LogP contribution < -0.4 is 20.9 Å². The fourth-order valence-electron chi connectivity index (χ4n) is 3.64. The second-order valence-electron chi connectivity index (χ2n) is 7.56. The molecule has 1 fully saturated rings. The number of carbonyl (C=O) groups is 1. The number of carbonyl (C=O) groups excluding carboxylic acids is 1. The van der Waals surface area contributed by atoms with Gasteiger partial charge < -0.3 is 20.9 Å². The number of para-hydroxylation sites is 1. The first-order chi connectivity index (χ1) is 15.5. The Morgan fingerprint density at radius 3 is 2.59 bits per heavy atom. The van der Waals surface area contributed by atoms with Crippen molar-refractivity contribution >= 4 is 17.6 Å². The molecule has 0 aromatic heterocycles. The molecule has 0 saturated carbocycles. The van der Waals surface area contributed by atoms with Crippen LogP contribution in [0.3, 0.4) is 0 Å². The summed E-state index contributed by atoms with van der Waals surface area (Å²) in [6.07, 6.45) is 0.812. The van der Waals surface area contributed by atoms with Crippen molar-refractivity contribution in [3.05, 3.63) is 65.5 Å². The molecule has 2 aromatic carbocycles. The lowest BCUT2D eigenvalue weighted by molar-refractivity contribution is -0.120. The molecule has 1 aliphatic heterocycles. The fourth-order valence-corrected chi connectivity index (χ4v) is 3.64. The maximum atomic E-state index is 14.0. The van der Waals surface area contributed by atoms with Gasteiger partial charge >= 0.3 is 0 Å². The molecule has 1 unspecified atom stereocenters. The highest BCUT2D eigenvalue weighted by molar-refractivity contribution is 5.80. The molecule has 0 aliphatic carbocycles. The Morgan fingerprint density at radius 1 is 1.12 bits per heavy atom. The molecule has 3 rings (SSSR count). The molecule has 3 N–H and O–H groups in total. The summed E-state index contributed by atoms with van der Waals surface area (Å²) in [6, 6.07) is 9.79. The number of nitrogens with zero attached hydrogens (tertiary/aromatic N) is 2. The van der Waals surface area contributed by atoms with Gasteiger partial charge in [-0.2, -0.15) is 0 Å². The second kappa shape index (κ2) is 11.4. The van der Waals surface area contributed by atoms with E-state index < -0.39 is 11.6 Å². The van der Waals surface area contributed by atoms with Crippen LogP contribution in [0.25, 0.3) is 0 Å². The number of rotatable bonds is 8. The van der Waals surface area contributed by atoms with Crippen molar-refractivity contribution in [2.24, 2.45) is 4.99 Å². The van der Waals surface area contributed by atoms with E-state index in [1.165, 1.54) is 30.3 Å². The van der Waals surface area contributed by atoms with E-state index in [0.717, 1.165) is 0 Å². The van der Waals surface area contributed by atoms with E-state index in [1.807, 2.05) is 6.92 Å². The Kier molecular flexibility index (Phi) is 8.35. The summed E-state index contributed by atoms with van der Waals surface area (Å²) in [6.45, 7) is 4.26. The van der Waals surface area contributed by atoms with Gasteiger partial charge in [-0.05, 0) is 43.2 Å². The maximum Gasteiger partial charge on any atom is 0.224 e. The Balaban J connectivity index is 1.47. The summed E-state index contributed by atoms with van der Waals surface area (Å²) >= 11 is 0. The molecule has 32 heavy (non-hydrogen) atoms. The molecule has 1 atom stereocenters. The van der Waals surface area contributed by atoms with Crippen molar-refractivity contribution in [3.63, 3.8) is 0 Å². The van der Waals surface area contributed by atoms with Crippen LogP contribution >= 0.6 is 0 Å². The highest BCUT2D eigenvalue weighted by Gasteiger charge is 2.27. The van der Waals surface area contributed by atoms with Crippen LogP contribution in [0.4, 0.5) is 18.9 Å². The van der Waals surface area contributed by atoms with Crippen molar-refractivity contribution < 1.29 is 18.0 Å². The predicted octanol–water partition coefficient (Wildman–Crippen LogP) is 2.60. The number of aliphatic imine (C=N–C) groups is 1.